The fraction of sp³-hybridized carbons (Fsp3) is 0.556. The summed E-state index contributed by atoms with van der Waals surface area (Å²) in [4.78, 5) is 24.1. The second kappa shape index (κ2) is 7.01. The van der Waals surface area contributed by atoms with Crippen LogP contribution in [0.2, 0.25) is 0 Å². The Morgan fingerprint density at radius 2 is 1.88 bits per heavy atom. The van der Waals surface area contributed by atoms with Crippen LogP contribution >= 0.6 is 0 Å². The molecule has 1 saturated carbocycles. The van der Waals surface area contributed by atoms with Crippen molar-refractivity contribution in [3.05, 3.63) is 35.9 Å². The minimum Gasteiger partial charge on any atom is -0.469 e. The molecular weight excluding hydrogens is 326 g/mol. The van der Waals surface area contributed by atoms with Gasteiger partial charge < -0.3 is 24.3 Å². The van der Waals surface area contributed by atoms with Crippen molar-refractivity contribution in [2.75, 3.05) is 7.11 Å². The quantitative estimate of drug-likeness (QED) is 0.837. The molecule has 0 radical (unpaired) electrons. The molecule has 1 aliphatic carbocycles. The maximum absolute atomic E-state index is 12.1. The highest BCUT2D eigenvalue weighted by atomic mass is 16.8. The van der Waals surface area contributed by atoms with Crippen molar-refractivity contribution in [2.45, 2.75) is 50.9 Å². The highest BCUT2D eigenvalue weighted by Crippen LogP contribution is 2.42. The predicted octanol–water partition coefficient (Wildman–Crippen LogP) is 1.99. The van der Waals surface area contributed by atoms with Gasteiger partial charge in [-0.3, -0.25) is 4.79 Å². The van der Waals surface area contributed by atoms with Crippen LogP contribution in [-0.2, 0) is 30.3 Å². The normalized spacial score (nSPS) is 29.7. The van der Waals surface area contributed by atoms with E-state index in [1.54, 1.807) is 13.8 Å². The first-order valence-corrected chi connectivity index (χ1v) is 8.30. The summed E-state index contributed by atoms with van der Waals surface area (Å²) < 4.78 is 21.8. The molecule has 1 N–H and O–H groups in total. The number of methoxy groups -OCH3 is 1. The first kappa shape index (κ1) is 17.7. The molecule has 1 amide bonds. The number of amides is 1. The van der Waals surface area contributed by atoms with Crippen molar-refractivity contribution in [3.63, 3.8) is 0 Å². The standard InChI is InChI=1S/C18H23NO6/c1-18(2)24-14-12(16(20)22-3)9-13(15(14)25-18)19-17(21)23-10-11-7-5-4-6-8-11/h4-8,12-15H,9-10H2,1-3H3,(H,19,21). The molecular formula is C18H23NO6. The molecule has 1 aliphatic heterocycles. The number of fused-ring (bicyclic) bond motifs is 1. The molecule has 0 aromatic heterocycles. The van der Waals surface area contributed by atoms with Crippen LogP contribution in [0.1, 0.15) is 25.8 Å². The minimum absolute atomic E-state index is 0.177. The summed E-state index contributed by atoms with van der Waals surface area (Å²) in [7, 11) is 1.34. The number of ether oxygens (including phenoxy) is 4. The summed E-state index contributed by atoms with van der Waals surface area (Å²) in [5.74, 6) is -1.65. The number of alkyl carbamates (subject to hydrolysis) is 1. The molecule has 7 heteroatoms. The van der Waals surface area contributed by atoms with Gasteiger partial charge in [0, 0.05) is 0 Å². The number of nitrogens with one attached hydrogen (secondary N) is 1. The summed E-state index contributed by atoms with van der Waals surface area (Å²) in [5.41, 5.74) is 0.899. The summed E-state index contributed by atoms with van der Waals surface area (Å²) in [6.07, 6.45) is -1.02. The zero-order chi connectivity index (χ0) is 18.0. The zero-order valence-electron chi connectivity index (χ0n) is 14.6. The Hall–Kier alpha value is -2.12. The number of carbonyl (C=O) groups is 2. The van der Waals surface area contributed by atoms with E-state index >= 15 is 0 Å². The van der Waals surface area contributed by atoms with E-state index in [1.165, 1.54) is 7.11 Å². The smallest absolute Gasteiger partial charge is 0.407 e. The van der Waals surface area contributed by atoms with Crippen LogP contribution in [0, 0.1) is 5.92 Å². The second-order valence-corrected chi connectivity index (χ2v) is 6.74. The van der Waals surface area contributed by atoms with E-state index in [4.69, 9.17) is 18.9 Å². The molecule has 7 nitrogen and oxygen atoms in total. The number of benzene rings is 1. The second-order valence-electron chi connectivity index (χ2n) is 6.74. The van der Waals surface area contributed by atoms with E-state index in [2.05, 4.69) is 5.32 Å². The molecule has 2 aliphatic rings. The van der Waals surface area contributed by atoms with Crippen molar-refractivity contribution >= 4 is 12.1 Å². The van der Waals surface area contributed by atoms with Crippen molar-refractivity contribution in [1.29, 1.82) is 0 Å². The van der Waals surface area contributed by atoms with E-state index in [9.17, 15) is 9.59 Å². The Morgan fingerprint density at radius 1 is 1.20 bits per heavy atom. The maximum atomic E-state index is 12.1. The van der Waals surface area contributed by atoms with Gasteiger partial charge in [0.05, 0.1) is 19.1 Å². The summed E-state index contributed by atoms with van der Waals surface area (Å²) in [6, 6.07) is 9.04. The molecule has 3 rings (SSSR count). The Morgan fingerprint density at radius 3 is 2.56 bits per heavy atom. The number of hydrogen-bond donors (Lipinski definition) is 1. The van der Waals surface area contributed by atoms with Gasteiger partial charge in [0.25, 0.3) is 0 Å². The van der Waals surface area contributed by atoms with Gasteiger partial charge in [-0.1, -0.05) is 30.3 Å². The van der Waals surface area contributed by atoms with E-state index in [-0.39, 0.29) is 18.6 Å². The van der Waals surface area contributed by atoms with Gasteiger partial charge in [-0.2, -0.15) is 0 Å². The Balaban J connectivity index is 1.61. The third kappa shape index (κ3) is 3.93. The number of carbonyl (C=O) groups excluding carboxylic acids is 2. The molecule has 1 saturated heterocycles. The van der Waals surface area contributed by atoms with Gasteiger partial charge in [-0.25, -0.2) is 4.79 Å². The number of esters is 1. The van der Waals surface area contributed by atoms with Crippen LogP contribution in [-0.4, -0.2) is 43.2 Å². The molecule has 4 unspecified atom stereocenters. The lowest BCUT2D eigenvalue weighted by Crippen LogP contribution is -2.43. The average Bonchev–Trinajstić information content (AvgIpc) is 3.07. The highest BCUT2D eigenvalue weighted by molar-refractivity contribution is 5.74. The van der Waals surface area contributed by atoms with E-state index in [0.29, 0.717) is 6.42 Å². The molecule has 4 atom stereocenters. The largest absolute Gasteiger partial charge is 0.469 e. The first-order valence-electron chi connectivity index (χ1n) is 8.30. The van der Waals surface area contributed by atoms with Crippen LogP contribution < -0.4 is 5.32 Å². The van der Waals surface area contributed by atoms with Gasteiger partial charge in [-0.05, 0) is 25.8 Å². The number of hydrogen-bond acceptors (Lipinski definition) is 6. The van der Waals surface area contributed by atoms with Crippen LogP contribution in [0.15, 0.2) is 30.3 Å². The van der Waals surface area contributed by atoms with Gasteiger partial charge in [0.15, 0.2) is 5.79 Å². The lowest BCUT2D eigenvalue weighted by Gasteiger charge is -2.23. The van der Waals surface area contributed by atoms with E-state index in [0.717, 1.165) is 5.56 Å². The Bertz CT molecular complexity index is 632. The molecule has 0 bridgehead atoms. The third-order valence-corrected chi connectivity index (χ3v) is 4.48. The maximum Gasteiger partial charge on any atom is 0.407 e. The topological polar surface area (TPSA) is 83.1 Å². The molecule has 2 fully saturated rings. The fourth-order valence-corrected chi connectivity index (χ4v) is 3.42. The van der Waals surface area contributed by atoms with Gasteiger partial charge in [-0.15, -0.1) is 0 Å². The molecule has 136 valence electrons. The predicted molar refractivity (Wildman–Crippen MR) is 87.5 cm³/mol. The summed E-state index contributed by atoms with van der Waals surface area (Å²) >= 11 is 0. The van der Waals surface area contributed by atoms with Gasteiger partial charge >= 0.3 is 12.1 Å². The fourth-order valence-electron chi connectivity index (χ4n) is 3.42. The van der Waals surface area contributed by atoms with Crippen molar-refractivity contribution in [3.8, 4) is 0 Å². The van der Waals surface area contributed by atoms with Crippen molar-refractivity contribution in [1.82, 2.24) is 5.32 Å². The molecule has 25 heavy (non-hydrogen) atoms. The number of rotatable bonds is 4. The van der Waals surface area contributed by atoms with Crippen LogP contribution in [0.5, 0.6) is 0 Å². The Kier molecular flexibility index (Phi) is 4.96. The van der Waals surface area contributed by atoms with Crippen LogP contribution in [0.4, 0.5) is 4.79 Å². The lowest BCUT2D eigenvalue weighted by atomic mass is 10.1. The minimum atomic E-state index is -0.810. The van der Waals surface area contributed by atoms with Crippen molar-refractivity contribution in [2.24, 2.45) is 5.92 Å². The summed E-state index contributed by atoms with van der Waals surface area (Å²) in [5, 5.41) is 2.79. The Labute approximate surface area is 146 Å². The zero-order valence-corrected chi connectivity index (χ0v) is 14.6. The molecule has 1 heterocycles. The molecule has 1 aromatic rings. The van der Waals surface area contributed by atoms with Gasteiger partial charge in [0.1, 0.15) is 18.8 Å². The van der Waals surface area contributed by atoms with Gasteiger partial charge in [0.2, 0.25) is 0 Å². The lowest BCUT2D eigenvalue weighted by molar-refractivity contribution is -0.168. The molecule has 1 aromatic carbocycles. The van der Waals surface area contributed by atoms with E-state index in [1.807, 2.05) is 30.3 Å². The van der Waals surface area contributed by atoms with Crippen LogP contribution in [0.25, 0.3) is 0 Å². The SMILES string of the molecule is COC(=O)C1CC(NC(=O)OCc2ccccc2)C2OC(C)(C)OC12. The monoisotopic (exact) mass is 349 g/mol. The molecule has 0 spiro atoms. The third-order valence-electron chi connectivity index (χ3n) is 4.48. The van der Waals surface area contributed by atoms with E-state index < -0.39 is 30.0 Å². The summed E-state index contributed by atoms with van der Waals surface area (Å²) in [6.45, 7) is 3.74. The average molecular weight is 349 g/mol. The van der Waals surface area contributed by atoms with Crippen LogP contribution in [0.3, 0.4) is 0 Å². The highest BCUT2D eigenvalue weighted by Gasteiger charge is 2.57. The first-order chi connectivity index (χ1) is 11.9. The van der Waals surface area contributed by atoms with Crippen molar-refractivity contribution < 1.29 is 28.5 Å².